The summed E-state index contributed by atoms with van der Waals surface area (Å²) in [6, 6.07) is 66.2. The molecule has 0 radical (unpaired) electrons. The summed E-state index contributed by atoms with van der Waals surface area (Å²) in [6.07, 6.45) is 0. The van der Waals surface area contributed by atoms with E-state index in [4.69, 9.17) is 11.6 Å². The maximum atomic E-state index is 8.37. The van der Waals surface area contributed by atoms with Gasteiger partial charge >= 0.3 is 0 Å². The van der Waals surface area contributed by atoms with Crippen LogP contribution < -0.4 is 14.7 Å². The molecule has 1 aromatic heterocycles. The Morgan fingerprint density at radius 3 is 1.45 bits per heavy atom. The molecule has 0 bridgehead atoms. The zero-order valence-electron chi connectivity index (χ0n) is 48.9. The molecule has 0 amide bonds. The lowest BCUT2D eigenvalue weighted by Gasteiger charge is -2.37. The van der Waals surface area contributed by atoms with Crippen LogP contribution in [0, 0.1) is 6.92 Å². The fraction of sp³-hybridized carbons (Fsp3) is 0.288. The van der Waals surface area contributed by atoms with Crippen LogP contribution >= 0.6 is 11.6 Å². The van der Waals surface area contributed by atoms with Crippen LogP contribution in [0.2, 0.25) is 5.02 Å². The molecule has 9 aromatic carbocycles. The van der Waals surface area contributed by atoms with Gasteiger partial charge in [0, 0.05) is 38.9 Å². The van der Waals surface area contributed by atoms with Crippen molar-refractivity contribution in [2.45, 2.75) is 138 Å². The second kappa shape index (κ2) is 18.7. The highest BCUT2D eigenvalue weighted by molar-refractivity contribution is 6.37. The van der Waals surface area contributed by atoms with Gasteiger partial charge in [-0.25, -0.2) is 0 Å². The van der Waals surface area contributed by atoms with Crippen molar-refractivity contribution in [1.82, 2.24) is 4.57 Å². The average molecular weight is 1050 g/mol. The molecular weight excluding hydrogens is 968 g/mol. The van der Waals surface area contributed by atoms with Gasteiger partial charge in [-0.05, 0) is 170 Å². The lowest BCUT2D eigenvalue weighted by atomic mass is 9.84. The van der Waals surface area contributed by atoms with Crippen LogP contribution in [-0.2, 0) is 27.1 Å². The van der Waals surface area contributed by atoms with E-state index in [0.717, 1.165) is 73.2 Å². The minimum absolute atomic E-state index is 0.0180. The highest BCUT2D eigenvalue weighted by Gasteiger charge is 2.35. The fourth-order valence-electron chi connectivity index (χ4n) is 11.5. The molecule has 10 aromatic rings. The van der Waals surface area contributed by atoms with Crippen LogP contribution in [-0.4, -0.2) is 4.57 Å². The Hall–Kier alpha value is -7.27. The van der Waals surface area contributed by atoms with Crippen molar-refractivity contribution >= 4 is 95.4 Å². The topological polar surface area (TPSA) is 14.7 Å². The number of aromatic nitrogens is 1. The summed E-state index contributed by atoms with van der Waals surface area (Å²) in [5.74, 6) is 0. The summed E-state index contributed by atoms with van der Waals surface area (Å²) in [7, 11) is 0. The third-order valence-corrected chi connectivity index (χ3v) is 16.5. The summed E-state index contributed by atoms with van der Waals surface area (Å²) in [5, 5.41) is 5.46. The number of fused-ring (bicyclic) bond motifs is 6. The number of hydrogen-bond acceptors (Lipinski definition) is 3. The maximum Gasteiger partial charge on any atom is 0.0887 e. The monoisotopic (exact) mass is 1040 g/mol. The van der Waals surface area contributed by atoms with Crippen LogP contribution in [0.1, 0.15) is 137 Å². The predicted octanol–water partition coefficient (Wildman–Crippen LogP) is 22.1. The number of benzene rings is 9. The SMILES string of the molecule is Cc1cc(N(c2cccc(N(c3ccc(C(C)(C)C)cc3)c3ccc(C(C)(C)C)cc3)c2)c2cccc3ccccc23)c(Cl)c(N2c3ccc(C(C)(C)C)cc3-n3c4ccc(C(C)(C)C)cc4c4cc(C(C)(C)C)cc2c43)c1. The van der Waals surface area contributed by atoms with Crippen LogP contribution in [0.4, 0.5) is 51.2 Å². The molecule has 0 unspecified atom stereocenters. The first-order valence-corrected chi connectivity index (χ1v) is 28.3. The van der Waals surface area contributed by atoms with Gasteiger partial charge in [-0.1, -0.05) is 194 Å². The zero-order valence-corrected chi connectivity index (χ0v) is 49.7. The molecule has 0 saturated carbocycles. The Bertz CT molecular complexity index is 3890. The van der Waals surface area contributed by atoms with E-state index in [2.05, 4.69) is 306 Å². The van der Waals surface area contributed by atoms with Crippen molar-refractivity contribution in [2.24, 2.45) is 0 Å². The van der Waals surface area contributed by atoms with Crippen molar-refractivity contribution in [2.75, 3.05) is 14.7 Å². The summed E-state index contributed by atoms with van der Waals surface area (Å²) >= 11 is 8.37. The smallest absolute Gasteiger partial charge is 0.0887 e. The number of aryl methyl sites for hydroxylation is 1. The average Bonchev–Trinajstić information content (AvgIpc) is 3.66. The van der Waals surface area contributed by atoms with E-state index in [1.165, 1.54) is 49.6 Å². The first-order chi connectivity index (χ1) is 36.7. The summed E-state index contributed by atoms with van der Waals surface area (Å²) in [5.41, 5.74) is 20.2. The molecule has 4 nitrogen and oxygen atoms in total. The Morgan fingerprint density at radius 2 is 0.846 bits per heavy atom. The van der Waals surface area contributed by atoms with Gasteiger partial charge in [-0.15, -0.1) is 0 Å². The minimum atomic E-state index is -0.141. The highest BCUT2D eigenvalue weighted by Crippen LogP contribution is 2.56. The molecule has 0 atom stereocenters. The lowest BCUT2D eigenvalue weighted by Crippen LogP contribution is -2.22. The summed E-state index contributed by atoms with van der Waals surface area (Å²) in [4.78, 5) is 7.26. The van der Waals surface area contributed by atoms with E-state index in [1.54, 1.807) is 0 Å². The molecule has 1 aliphatic heterocycles. The number of hydrogen-bond donors (Lipinski definition) is 0. The van der Waals surface area contributed by atoms with Crippen molar-refractivity contribution in [1.29, 1.82) is 0 Å². The molecule has 1 aliphatic rings. The maximum absolute atomic E-state index is 8.37. The first kappa shape index (κ1) is 52.8. The number of nitrogens with zero attached hydrogens (tertiary/aromatic N) is 4. The van der Waals surface area contributed by atoms with Crippen LogP contribution in [0.5, 0.6) is 0 Å². The van der Waals surface area contributed by atoms with Gasteiger partial charge in [0.05, 0.1) is 50.2 Å². The van der Waals surface area contributed by atoms with Crippen molar-refractivity contribution < 1.29 is 0 Å². The van der Waals surface area contributed by atoms with Crippen molar-refractivity contribution in [3.8, 4) is 5.69 Å². The lowest BCUT2D eigenvalue weighted by molar-refractivity contribution is 0.589. The molecule has 5 heteroatoms. The number of anilines is 9. The Labute approximate surface area is 469 Å². The Balaban J connectivity index is 1.18. The van der Waals surface area contributed by atoms with E-state index < -0.39 is 0 Å². The van der Waals surface area contributed by atoms with Gasteiger partial charge in [-0.3, -0.25) is 0 Å². The molecule has 0 saturated heterocycles. The van der Waals surface area contributed by atoms with Crippen LogP contribution in [0.3, 0.4) is 0 Å². The van der Waals surface area contributed by atoms with Crippen LogP contribution in [0.25, 0.3) is 38.3 Å². The molecule has 11 rings (SSSR count). The van der Waals surface area contributed by atoms with E-state index >= 15 is 0 Å². The standard InChI is InChI=1S/C73H77ClN4/c1-46-39-64(67(74)65(40-46)77-62-38-32-51(72(11,12)13)43-63(62)78-61-37-31-50(71(8,9)10)41-58(61)59-42-52(73(14,15)16)44-66(77)68(59)78)76(60-26-19-22-47-21-17-18-25-57(47)60)56-24-20-23-55(45-56)75(53-33-27-48(28-34-53)69(2,3)4)54-35-29-49(30-36-54)70(5,6)7/h17-45H,1-16H3. The Kier molecular flexibility index (Phi) is 12.6. The van der Waals surface area contributed by atoms with Crippen molar-refractivity contribution in [3.63, 3.8) is 0 Å². The molecule has 0 N–H and O–H groups in total. The van der Waals surface area contributed by atoms with Gasteiger partial charge < -0.3 is 19.3 Å². The third kappa shape index (κ3) is 9.34. The van der Waals surface area contributed by atoms with E-state index in [0.29, 0.717) is 5.02 Å². The van der Waals surface area contributed by atoms with Gasteiger partial charge in [0.25, 0.3) is 0 Å². The molecule has 0 fully saturated rings. The highest BCUT2D eigenvalue weighted by atomic mass is 35.5. The molecule has 78 heavy (non-hydrogen) atoms. The van der Waals surface area contributed by atoms with E-state index in [1.807, 2.05) is 0 Å². The first-order valence-electron chi connectivity index (χ1n) is 27.9. The molecule has 0 aliphatic carbocycles. The summed E-state index contributed by atoms with van der Waals surface area (Å²) < 4.78 is 2.54. The van der Waals surface area contributed by atoms with Crippen LogP contribution in [0.15, 0.2) is 176 Å². The number of halogens is 1. The van der Waals surface area contributed by atoms with E-state index in [9.17, 15) is 0 Å². The van der Waals surface area contributed by atoms with E-state index in [-0.39, 0.29) is 27.1 Å². The normalized spacial score (nSPS) is 13.2. The zero-order chi connectivity index (χ0) is 55.6. The van der Waals surface area contributed by atoms with Gasteiger partial charge in [0.1, 0.15) is 0 Å². The molecule has 2 heterocycles. The second-order valence-electron chi connectivity index (χ2n) is 27.1. The second-order valence-corrected chi connectivity index (χ2v) is 27.5. The number of rotatable bonds is 7. The van der Waals surface area contributed by atoms with Gasteiger partial charge in [0.15, 0.2) is 0 Å². The van der Waals surface area contributed by atoms with Gasteiger partial charge in [0.2, 0.25) is 0 Å². The van der Waals surface area contributed by atoms with Gasteiger partial charge in [-0.2, -0.15) is 0 Å². The Morgan fingerprint density at radius 1 is 0.346 bits per heavy atom. The minimum Gasteiger partial charge on any atom is -0.310 e. The molecular formula is C73H77ClN4. The predicted molar refractivity (Wildman–Crippen MR) is 339 cm³/mol. The fourth-order valence-corrected chi connectivity index (χ4v) is 11.8. The largest absolute Gasteiger partial charge is 0.310 e. The summed E-state index contributed by atoms with van der Waals surface area (Å²) in [6.45, 7) is 36.7. The molecule has 0 spiro atoms. The quantitative estimate of drug-likeness (QED) is 0.158. The third-order valence-electron chi connectivity index (χ3n) is 16.1. The molecule has 396 valence electrons. The van der Waals surface area contributed by atoms with Crippen molar-refractivity contribution in [3.05, 3.63) is 214 Å².